The van der Waals surface area contributed by atoms with Gasteiger partial charge in [0.2, 0.25) is 0 Å². The molecule has 3 nitrogen and oxygen atoms in total. The monoisotopic (exact) mass is 202 g/mol. The second-order valence-electron chi connectivity index (χ2n) is 3.46. The molecule has 15 heavy (non-hydrogen) atoms. The van der Waals surface area contributed by atoms with Crippen LogP contribution < -0.4 is 5.32 Å². The smallest absolute Gasteiger partial charge is 0.125 e. The first-order valence-electron chi connectivity index (χ1n) is 4.95. The summed E-state index contributed by atoms with van der Waals surface area (Å²) in [6.07, 6.45) is 3.61. The van der Waals surface area contributed by atoms with Crippen molar-refractivity contribution < 1.29 is 4.42 Å². The summed E-state index contributed by atoms with van der Waals surface area (Å²) in [4.78, 5) is 4.10. The largest absolute Gasteiger partial charge is 0.464 e. The first-order valence-corrected chi connectivity index (χ1v) is 4.95. The van der Waals surface area contributed by atoms with Crippen molar-refractivity contribution in [2.24, 2.45) is 0 Å². The molecule has 0 aliphatic heterocycles. The second-order valence-corrected chi connectivity index (χ2v) is 3.46. The molecule has 1 N–H and O–H groups in total. The van der Waals surface area contributed by atoms with E-state index in [0.29, 0.717) is 0 Å². The van der Waals surface area contributed by atoms with Gasteiger partial charge in [0.1, 0.15) is 11.5 Å². The average molecular weight is 202 g/mol. The fourth-order valence-electron chi connectivity index (χ4n) is 1.63. The fourth-order valence-corrected chi connectivity index (χ4v) is 1.63. The summed E-state index contributed by atoms with van der Waals surface area (Å²) in [5, 5.41) is 3.21. The minimum absolute atomic E-state index is 0.0763. The Morgan fingerprint density at radius 3 is 2.73 bits per heavy atom. The van der Waals surface area contributed by atoms with Crippen molar-refractivity contribution in [1.29, 1.82) is 0 Å². The Kier molecular flexibility index (Phi) is 2.83. The third kappa shape index (κ3) is 2.07. The summed E-state index contributed by atoms with van der Waals surface area (Å²) in [5.74, 6) is 1.84. The van der Waals surface area contributed by atoms with E-state index in [4.69, 9.17) is 4.42 Å². The van der Waals surface area contributed by atoms with Crippen molar-refractivity contribution in [3.8, 4) is 0 Å². The van der Waals surface area contributed by atoms with Gasteiger partial charge in [0.15, 0.2) is 0 Å². The van der Waals surface area contributed by atoms with Crippen LogP contribution in [-0.4, -0.2) is 12.0 Å². The minimum Gasteiger partial charge on any atom is -0.464 e. The van der Waals surface area contributed by atoms with Crippen LogP contribution in [0.1, 0.15) is 23.1 Å². The molecular formula is C12H14N2O. The maximum Gasteiger partial charge on any atom is 0.125 e. The van der Waals surface area contributed by atoms with Crippen LogP contribution in [0.15, 0.2) is 41.1 Å². The summed E-state index contributed by atoms with van der Waals surface area (Å²) in [7, 11) is 1.91. The van der Waals surface area contributed by atoms with E-state index in [1.807, 2.05) is 44.4 Å². The van der Waals surface area contributed by atoms with Gasteiger partial charge in [0.05, 0.1) is 6.04 Å². The summed E-state index contributed by atoms with van der Waals surface area (Å²) < 4.78 is 5.60. The topological polar surface area (TPSA) is 38.1 Å². The highest BCUT2D eigenvalue weighted by Crippen LogP contribution is 2.22. The summed E-state index contributed by atoms with van der Waals surface area (Å²) in [6.45, 7) is 1.94. The molecule has 0 aromatic carbocycles. The highest BCUT2D eigenvalue weighted by Gasteiger charge is 2.14. The molecule has 0 aliphatic rings. The predicted octanol–water partition coefficient (Wildman–Crippen LogP) is 2.29. The van der Waals surface area contributed by atoms with Gasteiger partial charge in [-0.2, -0.15) is 0 Å². The molecular weight excluding hydrogens is 188 g/mol. The number of nitrogens with zero attached hydrogens (tertiary/aromatic N) is 1. The van der Waals surface area contributed by atoms with Gasteiger partial charge in [-0.1, -0.05) is 6.07 Å². The molecule has 1 unspecified atom stereocenters. The summed E-state index contributed by atoms with van der Waals surface area (Å²) >= 11 is 0. The SMILES string of the molecule is CNC(c1cccnc1)c1ccc(C)o1. The first kappa shape index (κ1) is 9.93. The second kappa shape index (κ2) is 4.28. The van der Waals surface area contributed by atoms with E-state index >= 15 is 0 Å². The molecule has 1 atom stereocenters. The first-order chi connectivity index (χ1) is 7.31. The van der Waals surface area contributed by atoms with Crippen LogP contribution in [0.2, 0.25) is 0 Å². The van der Waals surface area contributed by atoms with Crippen molar-refractivity contribution in [2.45, 2.75) is 13.0 Å². The molecule has 2 heterocycles. The van der Waals surface area contributed by atoms with Gasteiger partial charge in [-0.3, -0.25) is 4.98 Å². The van der Waals surface area contributed by atoms with Crippen LogP contribution in [-0.2, 0) is 0 Å². The van der Waals surface area contributed by atoms with E-state index in [2.05, 4.69) is 10.3 Å². The van der Waals surface area contributed by atoms with Crippen LogP contribution in [0.5, 0.6) is 0 Å². The Morgan fingerprint density at radius 2 is 2.20 bits per heavy atom. The zero-order valence-corrected chi connectivity index (χ0v) is 8.90. The third-order valence-electron chi connectivity index (χ3n) is 2.35. The number of hydrogen-bond acceptors (Lipinski definition) is 3. The summed E-state index contributed by atoms with van der Waals surface area (Å²) in [6, 6.07) is 7.99. The van der Waals surface area contributed by atoms with Gasteiger partial charge in [-0.05, 0) is 37.7 Å². The molecule has 2 aromatic rings. The number of aromatic nitrogens is 1. The number of nitrogens with one attached hydrogen (secondary N) is 1. The van der Waals surface area contributed by atoms with E-state index in [1.54, 1.807) is 6.20 Å². The molecule has 2 aromatic heterocycles. The molecule has 0 bridgehead atoms. The van der Waals surface area contributed by atoms with E-state index in [0.717, 1.165) is 17.1 Å². The molecule has 0 fully saturated rings. The lowest BCUT2D eigenvalue weighted by molar-refractivity contribution is 0.443. The van der Waals surface area contributed by atoms with E-state index in [-0.39, 0.29) is 6.04 Å². The number of furan rings is 1. The molecule has 2 rings (SSSR count). The Morgan fingerprint density at radius 1 is 1.33 bits per heavy atom. The van der Waals surface area contributed by atoms with Crippen molar-refractivity contribution in [2.75, 3.05) is 7.05 Å². The minimum atomic E-state index is 0.0763. The molecule has 0 saturated carbocycles. The Labute approximate surface area is 89.1 Å². The van der Waals surface area contributed by atoms with Gasteiger partial charge >= 0.3 is 0 Å². The third-order valence-corrected chi connectivity index (χ3v) is 2.35. The quantitative estimate of drug-likeness (QED) is 0.829. The lowest BCUT2D eigenvalue weighted by atomic mass is 10.1. The zero-order chi connectivity index (χ0) is 10.7. The molecule has 0 spiro atoms. The Hall–Kier alpha value is -1.61. The zero-order valence-electron chi connectivity index (χ0n) is 8.90. The maximum absolute atomic E-state index is 5.60. The van der Waals surface area contributed by atoms with Gasteiger partial charge in [-0.15, -0.1) is 0 Å². The predicted molar refractivity (Wildman–Crippen MR) is 58.6 cm³/mol. The number of rotatable bonds is 3. The highest BCUT2D eigenvalue weighted by atomic mass is 16.3. The Balaban J connectivity index is 2.33. The fraction of sp³-hybridized carbons (Fsp3) is 0.250. The van der Waals surface area contributed by atoms with Crippen molar-refractivity contribution in [3.63, 3.8) is 0 Å². The van der Waals surface area contributed by atoms with Crippen LogP contribution in [0.3, 0.4) is 0 Å². The molecule has 0 aliphatic carbocycles. The van der Waals surface area contributed by atoms with E-state index in [1.165, 1.54) is 0 Å². The van der Waals surface area contributed by atoms with Crippen LogP contribution in [0.25, 0.3) is 0 Å². The number of pyridine rings is 1. The highest BCUT2D eigenvalue weighted by molar-refractivity contribution is 5.24. The van der Waals surface area contributed by atoms with E-state index < -0.39 is 0 Å². The van der Waals surface area contributed by atoms with Gasteiger partial charge in [0.25, 0.3) is 0 Å². The van der Waals surface area contributed by atoms with Crippen LogP contribution in [0, 0.1) is 6.92 Å². The molecule has 0 saturated heterocycles. The lowest BCUT2D eigenvalue weighted by Crippen LogP contribution is -2.17. The molecule has 3 heteroatoms. The lowest BCUT2D eigenvalue weighted by Gasteiger charge is -2.13. The molecule has 0 radical (unpaired) electrons. The molecule has 78 valence electrons. The summed E-state index contributed by atoms with van der Waals surface area (Å²) in [5.41, 5.74) is 1.11. The van der Waals surface area contributed by atoms with Gasteiger partial charge in [-0.25, -0.2) is 0 Å². The van der Waals surface area contributed by atoms with Gasteiger partial charge < -0.3 is 9.73 Å². The number of aryl methyl sites for hydroxylation is 1. The maximum atomic E-state index is 5.60. The molecule has 0 amide bonds. The van der Waals surface area contributed by atoms with Crippen LogP contribution >= 0.6 is 0 Å². The standard InChI is InChI=1S/C12H14N2O/c1-9-5-6-11(15-9)12(13-2)10-4-3-7-14-8-10/h3-8,12-13H,1-2H3. The number of hydrogen-bond donors (Lipinski definition) is 1. The van der Waals surface area contributed by atoms with Gasteiger partial charge in [0, 0.05) is 12.4 Å². The van der Waals surface area contributed by atoms with E-state index in [9.17, 15) is 0 Å². The van der Waals surface area contributed by atoms with Crippen molar-refractivity contribution in [3.05, 3.63) is 53.7 Å². The normalized spacial score (nSPS) is 12.7. The van der Waals surface area contributed by atoms with Crippen LogP contribution in [0.4, 0.5) is 0 Å². The average Bonchev–Trinajstić information content (AvgIpc) is 2.68. The van der Waals surface area contributed by atoms with Crippen molar-refractivity contribution >= 4 is 0 Å². The Bertz CT molecular complexity index is 422. The van der Waals surface area contributed by atoms with Crippen molar-refractivity contribution in [1.82, 2.24) is 10.3 Å².